The molecule has 0 fully saturated rings. The van der Waals surface area contributed by atoms with Gasteiger partial charge in [-0.3, -0.25) is 4.79 Å². The van der Waals surface area contributed by atoms with Crippen LogP contribution in [0, 0.1) is 0 Å². The highest BCUT2D eigenvalue weighted by Crippen LogP contribution is 2.10. The van der Waals surface area contributed by atoms with E-state index in [1.165, 1.54) is 19.1 Å². The van der Waals surface area contributed by atoms with Crippen molar-refractivity contribution < 1.29 is 13.2 Å². The Balaban J connectivity index is 1.93. The molecule has 122 valence electrons. The number of amides is 1. The SMILES string of the molecule is C[C@@H](NS(=O)(=O)c1ccccc1)C(=O)NCc1ccc(Cl)cc1. The van der Waals surface area contributed by atoms with Gasteiger partial charge < -0.3 is 5.32 Å². The molecular weight excluding hydrogens is 336 g/mol. The summed E-state index contributed by atoms with van der Waals surface area (Å²) in [6.07, 6.45) is 0. The first-order chi connectivity index (χ1) is 10.9. The molecule has 2 aromatic rings. The van der Waals surface area contributed by atoms with Gasteiger partial charge in [-0.2, -0.15) is 4.72 Å². The maximum atomic E-state index is 12.2. The Morgan fingerprint density at radius 1 is 1.09 bits per heavy atom. The van der Waals surface area contributed by atoms with Crippen molar-refractivity contribution in [3.8, 4) is 0 Å². The molecule has 0 saturated carbocycles. The summed E-state index contributed by atoms with van der Waals surface area (Å²) in [5.41, 5.74) is 0.876. The predicted octanol–water partition coefficient (Wildman–Crippen LogP) is 2.32. The van der Waals surface area contributed by atoms with Crippen molar-refractivity contribution >= 4 is 27.5 Å². The smallest absolute Gasteiger partial charge is 0.241 e. The Bertz CT molecular complexity index is 762. The molecule has 0 aliphatic heterocycles. The summed E-state index contributed by atoms with van der Waals surface area (Å²) >= 11 is 5.79. The summed E-state index contributed by atoms with van der Waals surface area (Å²) in [6, 6.07) is 14.1. The van der Waals surface area contributed by atoms with Gasteiger partial charge in [0.05, 0.1) is 10.9 Å². The van der Waals surface area contributed by atoms with Crippen molar-refractivity contribution in [2.75, 3.05) is 0 Å². The second-order valence-electron chi connectivity index (χ2n) is 5.00. The van der Waals surface area contributed by atoms with Gasteiger partial charge in [-0.15, -0.1) is 0 Å². The third-order valence-electron chi connectivity index (χ3n) is 3.16. The predicted molar refractivity (Wildman–Crippen MR) is 89.5 cm³/mol. The molecule has 0 aromatic heterocycles. The molecule has 0 saturated heterocycles. The molecule has 0 spiro atoms. The van der Waals surface area contributed by atoms with E-state index in [4.69, 9.17) is 11.6 Å². The lowest BCUT2D eigenvalue weighted by Crippen LogP contribution is -2.44. The molecule has 23 heavy (non-hydrogen) atoms. The third kappa shape index (κ3) is 5.06. The highest BCUT2D eigenvalue weighted by Gasteiger charge is 2.21. The van der Waals surface area contributed by atoms with E-state index in [0.717, 1.165) is 5.56 Å². The second kappa shape index (κ2) is 7.59. The quantitative estimate of drug-likeness (QED) is 0.837. The molecule has 0 unspecified atom stereocenters. The molecule has 1 atom stereocenters. The summed E-state index contributed by atoms with van der Waals surface area (Å²) < 4.78 is 26.7. The van der Waals surface area contributed by atoms with Gasteiger partial charge in [0.1, 0.15) is 0 Å². The number of halogens is 1. The van der Waals surface area contributed by atoms with Gasteiger partial charge in [-0.05, 0) is 36.8 Å². The molecular formula is C16H17ClN2O3S. The molecule has 0 aliphatic carbocycles. The van der Waals surface area contributed by atoms with Crippen LogP contribution in [0.25, 0.3) is 0 Å². The van der Waals surface area contributed by atoms with Gasteiger partial charge >= 0.3 is 0 Å². The summed E-state index contributed by atoms with van der Waals surface area (Å²) in [6.45, 7) is 1.80. The van der Waals surface area contributed by atoms with Crippen LogP contribution in [-0.4, -0.2) is 20.4 Å². The summed E-state index contributed by atoms with van der Waals surface area (Å²) in [5.74, 6) is -0.403. The second-order valence-corrected chi connectivity index (χ2v) is 7.15. The van der Waals surface area contributed by atoms with E-state index in [1.54, 1.807) is 42.5 Å². The summed E-state index contributed by atoms with van der Waals surface area (Å²) in [5, 5.41) is 3.30. The average Bonchev–Trinajstić information content (AvgIpc) is 2.54. The van der Waals surface area contributed by atoms with Crippen molar-refractivity contribution in [2.45, 2.75) is 24.4 Å². The van der Waals surface area contributed by atoms with Crippen molar-refractivity contribution in [3.63, 3.8) is 0 Å². The Kier molecular flexibility index (Phi) is 5.76. The number of hydrogen-bond acceptors (Lipinski definition) is 3. The first-order valence-electron chi connectivity index (χ1n) is 6.98. The van der Waals surface area contributed by atoms with Crippen LogP contribution < -0.4 is 10.0 Å². The van der Waals surface area contributed by atoms with E-state index < -0.39 is 22.0 Å². The first kappa shape index (κ1) is 17.5. The van der Waals surface area contributed by atoms with Crippen LogP contribution in [0.3, 0.4) is 0 Å². The monoisotopic (exact) mass is 352 g/mol. The fourth-order valence-corrected chi connectivity index (χ4v) is 3.25. The summed E-state index contributed by atoms with van der Waals surface area (Å²) in [4.78, 5) is 12.2. The topological polar surface area (TPSA) is 75.3 Å². The van der Waals surface area contributed by atoms with E-state index in [-0.39, 0.29) is 4.90 Å². The van der Waals surface area contributed by atoms with Crippen molar-refractivity contribution in [1.82, 2.24) is 10.0 Å². The zero-order valence-corrected chi connectivity index (χ0v) is 14.1. The molecule has 5 nitrogen and oxygen atoms in total. The van der Waals surface area contributed by atoms with Gasteiger partial charge in [0.25, 0.3) is 0 Å². The number of benzene rings is 2. The van der Waals surface area contributed by atoms with Crippen LogP contribution in [0.2, 0.25) is 5.02 Å². The van der Waals surface area contributed by atoms with Gasteiger partial charge in [-0.1, -0.05) is 41.9 Å². The number of carbonyl (C=O) groups excluding carboxylic acids is 1. The molecule has 0 bridgehead atoms. The van der Waals surface area contributed by atoms with Crippen molar-refractivity contribution in [1.29, 1.82) is 0 Å². The van der Waals surface area contributed by atoms with Crippen LogP contribution in [0.4, 0.5) is 0 Å². The minimum Gasteiger partial charge on any atom is -0.351 e. The van der Waals surface area contributed by atoms with Gasteiger partial charge in [-0.25, -0.2) is 8.42 Å². The maximum Gasteiger partial charge on any atom is 0.241 e. The fourth-order valence-electron chi connectivity index (χ4n) is 1.90. The largest absolute Gasteiger partial charge is 0.351 e. The van der Waals surface area contributed by atoms with Crippen LogP contribution in [-0.2, 0) is 21.4 Å². The highest BCUT2D eigenvalue weighted by atomic mass is 35.5. The fraction of sp³-hybridized carbons (Fsp3) is 0.188. The highest BCUT2D eigenvalue weighted by molar-refractivity contribution is 7.89. The number of rotatable bonds is 6. The van der Waals surface area contributed by atoms with Crippen molar-refractivity contribution in [2.24, 2.45) is 0 Å². The van der Waals surface area contributed by atoms with E-state index in [1.807, 2.05) is 0 Å². The molecule has 1 amide bonds. The number of nitrogens with one attached hydrogen (secondary N) is 2. The molecule has 0 aliphatic rings. The standard InChI is InChI=1S/C16H17ClN2O3S/c1-12(19-23(21,22)15-5-3-2-4-6-15)16(20)18-11-13-7-9-14(17)10-8-13/h2-10,12,19H,11H2,1H3,(H,18,20)/t12-/m1/s1. The zero-order chi connectivity index (χ0) is 16.9. The first-order valence-corrected chi connectivity index (χ1v) is 8.84. The molecule has 0 radical (unpaired) electrons. The lowest BCUT2D eigenvalue weighted by Gasteiger charge is -2.14. The van der Waals surface area contributed by atoms with Crippen LogP contribution in [0.1, 0.15) is 12.5 Å². The third-order valence-corrected chi connectivity index (χ3v) is 4.97. The summed E-state index contributed by atoms with van der Waals surface area (Å²) in [7, 11) is -3.72. The van der Waals surface area contributed by atoms with Gasteiger partial charge in [0, 0.05) is 11.6 Å². The molecule has 2 N–H and O–H groups in total. The molecule has 7 heteroatoms. The normalized spacial score (nSPS) is 12.6. The van der Waals surface area contributed by atoms with Crippen LogP contribution >= 0.6 is 11.6 Å². The van der Waals surface area contributed by atoms with E-state index in [9.17, 15) is 13.2 Å². The van der Waals surface area contributed by atoms with Crippen molar-refractivity contribution in [3.05, 3.63) is 65.2 Å². The van der Waals surface area contributed by atoms with Gasteiger partial charge in [0.15, 0.2) is 0 Å². The number of sulfonamides is 1. The Labute approximate surface area is 140 Å². The lowest BCUT2D eigenvalue weighted by atomic mass is 10.2. The Hall–Kier alpha value is -1.89. The zero-order valence-electron chi connectivity index (χ0n) is 12.5. The van der Waals surface area contributed by atoms with Crippen LogP contribution in [0.5, 0.6) is 0 Å². The molecule has 2 aromatic carbocycles. The maximum absolute atomic E-state index is 12.2. The minimum absolute atomic E-state index is 0.123. The molecule has 2 rings (SSSR count). The number of carbonyl (C=O) groups is 1. The average molecular weight is 353 g/mol. The lowest BCUT2D eigenvalue weighted by molar-refractivity contribution is -0.122. The number of hydrogen-bond donors (Lipinski definition) is 2. The molecule has 0 heterocycles. The Morgan fingerprint density at radius 2 is 1.70 bits per heavy atom. The minimum atomic E-state index is -3.72. The van der Waals surface area contributed by atoms with E-state index in [2.05, 4.69) is 10.0 Å². The van der Waals surface area contributed by atoms with E-state index in [0.29, 0.717) is 11.6 Å². The van der Waals surface area contributed by atoms with E-state index >= 15 is 0 Å². The van der Waals surface area contributed by atoms with Gasteiger partial charge in [0.2, 0.25) is 15.9 Å². The Morgan fingerprint density at radius 3 is 2.30 bits per heavy atom. The van der Waals surface area contributed by atoms with Crippen LogP contribution in [0.15, 0.2) is 59.5 Å².